The van der Waals surface area contributed by atoms with Crippen LogP contribution in [0.1, 0.15) is 11.1 Å². The van der Waals surface area contributed by atoms with E-state index in [1.165, 1.54) is 4.57 Å². The molecular weight excluding hydrogens is 282 g/mol. The minimum atomic E-state index is -0.592. The third-order valence-electron chi connectivity index (χ3n) is 3.47. The Morgan fingerprint density at radius 3 is 2.68 bits per heavy atom. The molecule has 0 aliphatic carbocycles. The highest BCUT2D eigenvalue weighted by Crippen LogP contribution is 2.19. The number of amides is 1. The van der Waals surface area contributed by atoms with Crippen molar-refractivity contribution in [1.82, 2.24) is 9.55 Å². The van der Waals surface area contributed by atoms with Crippen LogP contribution in [0.2, 0.25) is 0 Å². The summed E-state index contributed by atoms with van der Waals surface area (Å²) in [6.07, 6.45) is 1.55. The van der Waals surface area contributed by atoms with E-state index in [2.05, 4.69) is 10.3 Å². The molecule has 2 aromatic heterocycles. The lowest BCUT2D eigenvalue weighted by atomic mass is 10.1. The van der Waals surface area contributed by atoms with E-state index in [-0.39, 0.29) is 12.5 Å². The number of anilines is 1. The van der Waals surface area contributed by atoms with Crippen LogP contribution in [0, 0.1) is 13.8 Å². The number of carbonyl (C=O) groups is 1. The number of nitrogens with one attached hydrogen (secondary N) is 1. The summed E-state index contributed by atoms with van der Waals surface area (Å²) < 4.78 is 6.28. The summed E-state index contributed by atoms with van der Waals surface area (Å²) >= 11 is 0. The quantitative estimate of drug-likeness (QED) is 0.804. The van der Waals surface area contributed by atoms with E-state index in [1.54, 1.807) is 18.3 Å². The number of fused-ring (bicyclic) bond motifs is 1. The van der Waals surface area contributed by atoms with Crippen molar-refractivity contribution in [3.63, 3.8) is 0 Å². The molecule has 3 aromatic rings. The second kappa shape index (κ2) is 5.48. The van der Waals surface area contributed by atoms with Crippen LogP contribution < -0.4 is 11.1 Å². The maximum absolute atomic E-state index is 12.2. The zero-order chi connectivity index (χ0) is 15.7. The van der Waals surface area contributed by atoms with Crippen molar-refractivity contribution in [3.8, 4) is 0 Å². The SMILES string of the molecule is Cc1cccc(C)c1NC(=O)Cn1c(=O)oc2cccnc21. The van der Waals surface area contributed by atoms with Gasteiger partial charge in [-0.3, -0.25) is 4.79 Å². The highest BCUT2D eigenvalue weighted by atomic mass is 16.4. The Kier molecular flexibility index (Phi) is 3.50. The average molecular weight is 297 g/mol. The fourth-order valence-electron chi connectivity index (χ4n) is 2.37. The van der Waals surface area contributed by atoms with Gasteiger partial charge in [-0.15, -0.1) is 0 Å². The van der Waals surface area contributed by atoms with Gasteiger partial charge in [0.05, 0.1) is 0 Å². The van der Waals surface area contributed by atoms with Gasteiger partial charge in [0.2, 0.25) is 5.91 Å². The van der Waals surface area contributed by atoms with E-state index in [9.17, 15) is 9.59 Å². The van der Waals surface area contributed by atoms with Gasteiger partial charge < -0.3 is 9.73 Å². The van der Waals surface area contributed by atoms with Crippen molar-refractivity contribution in [2.45, 2.75) is 20.4 Å². The molecule has 0 fully saturated rings. The molecule has 0 saturated heterocycles. The standard InChI is InChI=1S/C16H15N3O3/c1-10-5-3-6-11(2)14(10)18-13(20)9-19-15-12(22-16(19)21)7-4-8-17-15/h3-8H,9H2,1-2H3,(H,18,20). The van der Waals surface area contributed by atoms with Gasteiger partial charge in [-0.05, 0) is 37.1 Å². The van der Waals surface area contributed by atoms with Crippen LogP contribution in [-0.4, -0.2) is 15.5 Å². The van der Waals surface area contributed by atoms with Gasteiger partial charge in [0.25, 0.3) is 0 Å². The van der Waals surface area contributed by atoms with Crippen LogP contribution in [0.4, 0.5) is 5.69 Å². The maximum Gasteiger partial charge on any atom is 0.421 e. The number of aryl methyl sites for hydroxylation is 2. The lowest BCUT2D eigenvalue weighted by molar-refractivity contribution is -0.116. The number of carbonyl (C=O) groups excluding carboxylic acids is 1. The van der Waals surface area contributed by atoms with Gasteiger partial charge in [-0.25, -0.2) is 14.3 Å². The van der Waals surface area contributed by atoms with Crippen LogP contribution in [-0.2, 0) is 11.3 Å². The number of benzene rings is 1. The first kappa shape index (κ1) is 14.1. The zero-order valence-electron chi connectivity index (χ0n) is 12.3. The van der Waals surface area contributed by atoms with Crippen molar-refractivity contribution in [3.05, 3.63) is 58.2 Å². The molecule has 112 valence electrons. The van der Waals surface area contributed by atoms with E-state index in [4.69, 9.17) is 4.42 Å². The summed E-state index contributed by atoms with van der Waals surface area (Å²) in [5.74, 6) is -0.891. The lowest BCUT2D eigenvalue weighted by Gasteiger charge is -2.11. The van der Waals surface area contributed by atoms with Gasteiger partial charge in [-0.2, -0.15) is 0 Å². The molecule has 0 bridgehead atoms. The van der Waals surface area contributed by atoms with Gasteiger partial charge in [0, 0.05) is 11.9 Å². The normalized spacial score (nSPS) is 10.8. The summed E-state index contributed by atoms with van der Waals surface area (Å²) in [5, 5.41) is 2.84. The molecule has 6 heteroatoms. The Morgan fingerprint density at radius 1 is 1.23 bits per heavy atom. The largest absolute Gasteiger partial charge is 0.421 e. The average Bonchev–Trinajstić information content (AvgIpc) is 2.79. The number of aromatic nitrogens is 2. The molecule has 6 nitrogen and oxygen atoms in total. The van der Waals surface area contributed by atoms with Crippen molar-refractivity contribution in [2.75, 3.05) is 5.32 Å². The van der Waals surface area contributed by atoms with E-state index >= 15 is 0 Å². The summed E-state index contributed by atoms with van der Waals surface area (Å²) in [4.78, 5) is 28.2. The Hall–Kier alpha value is -2.89. The van der Waals surface area contributed by atoms with Crippen molar-refractivity contribution >= 4 is 22.8 Å². The fraction of sp³-hybridized carbons (Fsp3) is 0.188. The number of hydrogen-bond acceptors (Lipinski definition) is 4. The summed E-state index contributed by atoms with van der Waals surface area (Å²) in [5.41, 5.74) is 3.43. The minimum absolute atomic E-state index is 0.142. The molecule has 0 aliphatic heterocycles. The Bertz CT molecular complexity index is 888. The van der Waals surface area contributed by atoms with E-state index in [1.807, 2.05) is 32.0 Å². The number of rotatable bonds is 3. The molecule has 0 unspecified atom stereocenters. The topological polar surface area (TPSA) is 77.1 Å². The van der Waals surface area contributed by atoms with Crippen LogP contribution in [0.5, 0.6) is 0 Å². The van der Waals surface area contributed by atoms with Crippen LogP contribution >= 0.6 is 0 Å². The first-order valence-corrected chi connectivity index (χ1v) is 6.86. The summed E-state index contributed by atoms with van der Waals surface area (Å²) in [6, 6.07) is 9.08. The molecule has 0 radical (unpaired) electrons. The third-order valence-corrected chi connectivity index (χ3v) is 3.47. The Balaban J connectivity index is 1.88. The van der Waals surface area contributed by atoms with Gasteiger partial charge >= 0.3 is 5.76 Å². The predicted molar refractivity (Wildman–Crippen MR) is 82.8 cm³/mol. The first-order valence-electron chi connectivity index (χ1n) is 6.86. The van der Waals surface area contributed by atoms with Crippen LogP contribution in [0.3, 0.4) is 0 Å². The van der Waals surface area contributed by atoms with Crippen molar-refractivity contribution in [2.24, 2.45) is 0 Å². The molecular formula is C16H15N3O3. The molecule has 1 amide bonds. The third kappa shape index (κ3) is 2.50. The fourth-order valence-corrected chi connectivity index (χ4v) is 2.37. The minimum Gasteiger partial charge on any atom is -0.406 e. The maximum atomic E-state index is 12.2. The Labute approximate surface area is 126 Å². The molecule has 0 saturated carbocycles. The van der Waals surface area contributed by atoms with Gasteiger partial charge in [-0.1, -0.05) is 18.2 Å². The molecule has 1 N–H and O–H groups in total. The van der Waals surface area contributed by atoms with Crippen LogP contribution in [0.25, 0.3) is 11.2 Å². The van der Waals surface area contributed by atoms with E-state index < -0.39 is 5.76 Å². The molecule has 0 spiro atoms. The van der Waals surface area contributed by atoms with Gasteiger partial charge in [0.1, 0.15) is 6.54 Å². The summed E-state index contributed by atoms with van der Waals surface area (Å²) in [7, 11) is 0. The number of nitrogens with zero attached hydrogens (tertiary/aromatic N) is 2. The second-order valence-corrected chi connectivity index (χ2v) is 5.09. The lowest BCUT2D eigenvalue weighted by Crippen LogP contribution is -2.25. The predicted octanol–water partition coefficient (Wildman–Crippen LogP) is 2.25. The number of para-hydroxylation sites is 1. The van der Waals surface area contributed by atoms with Crippen molar-refractivity contribution in [1.29, 1.82) is 0 Å². The molecule has 3 rings (SSSR count). The highest BCUT2D eigenvalue weighted by Gasteiger charge is 2.14. The summed E-state index contributed by atoms with van der Waals surface area (Å²) in [6.45, 7) is 3.70. The number of hydrogen-bond donors (Lipinski definition) is 1. The number of oxazole rings is 1. The molecule has 0 atom stereocenters. The first-order chi connectivity index (χ1) is 10.6. The van der Waals surface area contributed by atoms with Crippen LogP contribution in [0.15, 0.2) is 45.7 Å². The Morgan fingerprint density at radius 2 is 1.95 bits per heavy atom. The van der Waals surface area contributed by atoms with Crippen molar-refractivity contribution < 1.29 is 9.21 Å². The van der Waals surface area contributed by atoms with Gasteiger partial charge in [0.15, 0.2) is 11.2 Å². The van der Waals surface area contributed by atoms with E-state index in [0.717, 1.165) is 16.8 Å². The molecule has 0 aliphatic rings. The molecule has 22 heavy (non-hydrogen) atoms. The monoisotopic (exact) mass is 297 g/mol. The zero-order valence-corrected chi connectivity index (χ0v) is 12.3. The molecule has 1 aromatic carbocycles. The second-order valence-electron chi connectivity index (χ2n) is 5.09. The molecule has 2 heterocycles. The smallest absolute Gasteiger partial charge is 0.406 e. The number of pyridine rings is 1. The van der Waals surface area contributed by atoms with E-state index in [0.29, 0.717) is 11.2 Å². The highest BCUT2D eigenvalue weighted by molar-refractivity contribution is 5.92.